The van der Waals surface area contributed by atoms with Gasteiger partial charge in [0, 0.05) is 17.6 Å². The maximum Gasteiger partial charge on any atom is 0.237 e. The summed E-state index contributed by atoms with van der Waals surface area (Å²) in [5, 5.41) is 0. The van der Waals surface area contributed by atoms with E-state index in [0.29, 0.717) is 24.6 Å². The summed E-state index contributed by atoms with van der Waals surface area (Å²) in [5.74, 6) is -0.785. The van der Waals surface area contributed by atoms with Crippen molar-refractivity contribution < 1.29 is 17.6 Å². The molecular weight excluding hydrogens is 445 g/mol. The molecule has 1 saturated heterocycles. The van der Waals surface area contributed by atoms with Crippen molar-refractivity contribution in [3.8, 4) is 0 Å². The number of carbonyl (C=O) groups excluding carboxylic acids is 1. The van der Waals surface area contributed by atoms with Gasteiger partial charge in [-0.05, 0) is 60.6 Å². The van der Waals surface area contributed by atoms with Crippen LogP contribution < -0.4 is 0 Å². The molecule has 1 amide bonds. The van der Waals surface area contributed by atoms with Gasteiger partial charge in [0.25, 0.3) is 0 Å². The highest BCUT2D eigenvalue weighted by Gasteiger charge is 2.26. The van der Waals surface area contributed by atoms with Gasteiger partial charge in [-0.25, -0.2) is 12.8 Å². The van der Waals surface area contributed by atoms with Gasteiger partial charge < -0.3 is 4.90 Å². The van der Waals surface area contributed by atoms with E-state index in [1.165, 1.54) is 6.07 Å². The zero-order valence-electron chi connectivity index (χ0n) is 15.5. The van der Waals surface area contributed by atoms with Gasteiger partial charge in [-0.3, -0.25) is 4.79 Å². The van der Waals surface area contributed by atoms with Crippen LogP contribution in [0.15, 0.2) is 53.0 Å². The average Bonchev–Trinajstić information content (AvgIpc) is 2.64. The second-order valence-electron chi connectivity index (χ2n) is 7.32. The number of likely N-dealkylation sites (tertiary alicyclic amines) is 1. The van der Waals surface area contributed by atoms with Crippen LogP contribution in [0.1, 0.15) is 24.0 Å². The lowest BCUT2D eigenvalue weighted by Gasteiger charge is -2.32. The van der Waals surface area contributed by atoms with Crippen LogP contribution in [0.2, 0.25) is 0 Å². The second-order valence-corrected chi connectivity index (χ2v) is 10.3. The Labute approximate surface area is 173 Å². The van der Waals surface area contributed by atoms with Gasteiger partial charge in [-0.2, -0.15) is 0 Å². The first-order valence-electron chi connectivity index (χ1n) is 9.28. The minimum absolute atomic E-state index is 0.137. The Morgan fingerprint density at radius 2 is 1.75 bits per heavy atom. The maximum atomic E-state index is 13.3. The van der Waals surface area contributed by atoms with E-state index in [2.05, 4.69) is 15.9 Å². The molecular formula is C21H23BrFNO3S. The fraction of sp³-hybridized carbons (Fsp3) is 0.381. The number of nitrogens with zero attached hydrogens (tertiary/aromatic N) is 1. The third-order valence-corrected chi connectivity index (χ3v) is 7.01. The molecule has 4 nitrogen and oxygen atoms in total. The van der Waals surface area contributed by atoms with E-state index in [1.807, 2.05) is 6.07 Å². The molecule has 1 heterocycles. The lowest BCUT2D eigenvalue weighted by atomic mass is 9.90. The maximum absolute atomic E-state index is 13.3. The molecule has 0 aromatic heterocycles. The molecule has 7 heteroatoms. The number of hydrogen-bond donors (Lipinski definition) is 0. The van der Waals surface area contributed by atoms with Gasteiger partial charge in [-0.15, -0.1) is 0 Å². The van der Waals surface area contributed by atoms with Crippen LogP contribution in [-0.4, -0.2) is 38.1 Å². The van der Waals surface area contributed by atoms with Crippen molar-refractivity contribution in [2.24, 2.45) is 5.92 Å². The van der Waals surface area contributed by atoms with Gasteiger partial charge in [-0.1, -0.05) is 40.2 Å². The Balaban J connectivity index is 1.49. The topological polar surface area (TPSA) is 54.5 Å². The molecule has 3 rings (SSSR count). The number of piperidine rings is 1. The van der Waals surface area contributed by atoms with Crippen LogP contribution in [0.5, 0.6) is 0 Å². The van der Waals surface area contributed by atoms with Crippen molar-refractivity contribution >= 4 is 31.7 Å². The molecule has 0 aliphatic carbocycles. The van der Waals surface area contributed by atoms with E-state index in [9.17, 15) is 17.6 Å². The highest BCUT2D eigenvalue weighted by molar-refractivity contribution is 9.10. The molecule has 1 fully saturated rings. The number of amides is 1. The Kier molecular flexibility index (Phi) is 6.88. The second kappa shape index (κ2) is 9.18. The van der Waals surface area contributed by atoms with Gasteiger partial charge in [0.05, 0.1) is 5.75 Å². The van der Waals surface area contributed by atoms with Crippen LogP contribution in [-0.2, 0) is 26.8 Å². The summed E-state index contributed by atoms with van der Waals surface area (Å²) < 4.78 is 39.0. The number of sulfone groups is 1. The summed E-state index contributed by atoms with van der Waals surface area (Å²) in [6, 6.07) is 13.7. The molecule has 28 heavy (non-hydrogen) atoms. The lowest BCUT2D eigenvalue weighted by molar-refractivity contribution is -0.129. The van der Waals surface area contributed by atoms with Crippen molar-refractivity contribution in [1.82, 2.24) is 4.90 Å². The number of halogens is 2. The van der Waals surface area contributed by atoms with Crippen molar-refractivity contribution in [1.29, 1.82) is 0 Å². The van der Waals surface area contributed by atoms with E-state index >= 15 is 0 Å². The third-order valence-electron chi connectivity index (χ3n) is 5.02. The smallest absolute Gasteiger partial charge is 0.237 e. The Morgan fingerprint density at radius 1 is 1.07 bits per heavy atom. The molecule has 0 unspecified atom stereocenters. The zero-order chi connectivity index (χ0) is 20.1. The fourth-order valence-electron chi connectivity index (χ4n) is 3.55. The van der Waals surface area contributed by atoms with Crippen LogP contribution in [0.25, 0.3) is 0 Å². The summed E-state index contributed by atoms with van der Waals surface area (Å²) >= 11 is 3.32. The Morgan fingerprint density at radius 3 is 2.39 bits per heavy atom. The highest BCUT2D eigenvalue weighted by Crippen LogP contribution is 2.22. The first-order chi connectivity index (χ1) is 13.3. The first kappa shape index (κ1) is 21.0. The predicted octanol–water partition coefficient (Wildman–Crippen LogP) is 3.98. The molecule has 150 valence electrons. The Bertz CT molecular complexity index is 923. The lowest BCUT2D eigenvalue weighted by Crippen LogP contribution is -2.41. The zero-order valence-corrected chi connectivity index (χ0v) is 17.9. The molecule has 0 radical (unpaired) electrons. The molecule has 0 N–H and O–H groups in total. The largest absolute Gasteiger partial charge is 0.342 e. The first-order valence-corrected chi connectivity index (χ1v) is 11.9. The molecule has 1 aliphatic rings. The van der Waals surface area contributed by atoms with Crippen molar-refractivity contribution in [2.75, 3.05) is 18.8 Å². The summed E-state index contributed by atoms with van der Waals surface area (Å²) in [7, 11) is -3.51. The molecule has 0 saturated carbocycles. The predicted molar refractivity (Wildman–Crippen MR) is 111 cm³/mol. The summed E-state index contributed by atoms with van der Waals surface area (Å²) in [5.41, 5.74) is 1.63. The molecule has 2 aromatic rings. The van der Waals surface area contributed by atoms with E-state index in [4.69, 9.17) is 0 Å². The van der Waals surface area contributed by atoms with Gasteiger partial charge >= 0.3 is 0 Å². The molecule has 0 atom stereocenters. The highest BCUT2D eigenvalue weighted by atomic mass is 79.9. The standard InChI is InChI=1S/C21H23BrFNO3S/c22-19-6-4-17(5-7-19)14-28(26,27)15-21(25)24-10-8-16(9-11-24)12-18-2-1-3-20(23)13-18/h1-7,13,16H,8-12,14-15H2. The van der Waals surface area contributed by atoms with Crippen LogP contribution in [0.4, 0.5) is 4.39 Å². The normalized spacial score (nSPS) is 15.6. The van der Waals surface area contributed by atoms with E-state index in [0.717, 1.165) is 29.3 Å². The van der Waals surface area contributed by atoms with Crippen molar-refractivity contribution in [2.45, 2.75) is 25.0 Å². The molecule has 0 bridgehead atoms. The fourth-order valence-corrected chi connectivity index (χ4v) is 5.17. The molecule has 1 aliphatic heterocycles. The van der Waals surface area contributed by atoms with Crippen LogP contribution >= 0.6 is 15.9 Å². The number of carbonyl (C=O) groups is 1. The Hall–Kier alpha value is -1.73. The number of hydrogen-bond acceptors (Lipinski definition) is 3. The number of rotatable bonds is 6. The van der Waals surface area contributed by atoms with Crippen LogP contribution in [0.3, 0.4) is 0 Å². The molecule has 2 aromatic carbocycles. The van der Waals surface area contributed by atoms with E-state index in [-0.39, 0.29) is 17.5 Å². The average molecular weight is 468 g/mol. The summed E-state index contributed by atoms with van der Waals surface area (Å²) in [6.07, 6.45) is 2.38. The minimum Gasteiger partial charge on any atom is -0.342 e. The van der Waals surface area contributed by atoms with E-state index < -0.39 is 15.6 Å². The van der Waals surface area contributed by atoms with E-state index in [1.54, 1.807) is 41.3 Å². The van der Waals surface area contributed by atoms with Gasteiger partial charge in [0.15, 0.2) is 9.84 Å². The third kappa shape index (κ3) is 6.14. The quantitative estimate of drug-likeness (QED) is 0.645. The summed E-state index contributed by atoms with van der Waals surface area (Å²) in [4.78, 5) is 14.1. The van der Waals surface area contributed by atoms with Crippen molar-refractivity contribution in [3.05, 3.63) is 69.9 Å². The van der Waals surface area contributed by atoms with Gasteiger partial charge in [0.1, 0.15) is 11.6 Å². The summed E-state index contributed by atoms with van der Waals surface area (Å²) in [6.45, 7) is 1.10. The number of benzene rings is 2. The minimum atomic E-state index is -3.51. The SMILES string of the molecule is O=C(CS(=O)(=O)Cc1ccc(Br)cc1)N1CCC(Cc2cccc(F)c2)CC1. The van der Waals surface area contributed by atoms with Gasteiger partial charge in [0.2, 0.25) is 5.91 Å². The molecule has 0 spiro atoms. The van der Waals surface area contributed by atoms with Crippen molar-refractivity contribution in [3.63, 3.8) is 0 Å². The monoisotopic (exact) mass is 467 g/mol. The van der Waals surface area contributed by atoms with Crippen LogP contribution in [0, 0.1) is 11.7 Å².